The van der Waals surface area contributed by atoms with Crippen molar-refractivity contribution in [1.82, 2.24) is 9.78 Å². The van der Waals surface area contributed by atoms with E-state index in [9.17, 15) is 14.4 Å². The first kappa shape index (κ1) is 23.4. The molecule has 1 amide bonds. The Balaban J connectivity index is 1.57. The number of amides is 1. The van der Waals surface area contributed by atoms with Crippen molar-refractivity contribution >= 4 is 49.8 Å². The van der Waals surface area contributed by atoms with Crippen LogP contribution in [0.25, 0.3) is 27.2 Å². The predicted octanol–water partition coefficient (Wildman–Crippen LogP) is 5.27. The highest BCUT2D eigenvalue weighted by Gasteiger charge is 2.23. The standard InChI is InChI=1S/C28H23N3O4S/c1-3-35-28(34)25-22-16-36-26(24(22)27(33)31(30-25)20-13-11-17(2)12-14-20)29-23(32)15-19-9-6-8-18-7-4-5-10-21(18)19/h4-14,16H,3,15H2,1-2H3,(H,29,32). The van der Waals surface area contributed by atoms with Crippen molar-refractivity contribution in [1.29, 1.82) is 0 Å². The maximum Gasteiger partial charge on any atom is 0.359 e. The van der Waals surface area contributed by atoms with Crippen LogP contribution < -0.4 is 10.9 Å². The van der Waals surface area contributed by atoms with Crippen LogP contribution in [0.15, 0.2) is 76.9 Å². The molecular weight excluding hydrogens is 474 g/mol. The molecule has 8 heteroatoms. The highest BCUT2D eigenvalue weighted by molar-refractivity contribution is 7.16. The number of anilines is 1. The van der Waals surface area contributed by atoms with Crippen LogP contribution >= 0.6 is 11.3 Å². The van der Waals surface area contributed by atoms with Crippen LogP contribution in [0.4, 0.5) is 5.00 Å². The minimum absolute atomic E-state index is 0.0258. The number of nitrogens with zero attached hydrogens (tertiary/aromatic N) is 2. The van der Waals surface area contributed by atoms with Crippen molar-refractivity contribution < 1.29 is 14.3 Å². The van der Waals surface area contributed by atoms with E-state index in [1.807, 2.05) is 61.5 Å². The summed E-state index contributed by atoms with van der Waals surface area (Å²) in [4.78, 5) is 39.3. The van der Waals surface area contributed by atoms with Crippen molar-refractivity contribution in [2.75, 3.05) is 11.9 Å². The number of ether oxygens (including phenoxy) is 1. The van der Waals surface area contributed by atoms with E-state index >= 15 is 0 Å². The fourth-order valence-corrected chi connectivity index (χ4v) is 5.10. The van der Waals surface area contributed by atoms with Gasteiger partial charge in [0.15, 0.2) is 5.69 Å². The summed E-state index contributed by atoms with van der Waals surface area (Å²) in [5.41, 5.74) is 2.02. The quantitative estimate of drug-likeness (QED) is 0.323. The summed E-state index contributed by atoms with van der Waals surface area (Å²) < 4.78 is 6.38. The van der Waals surface area contributed by atoms with Gasteiger partial charge in [-0.25, -0.2) is 4.79 Å². The molecule has 0 aliphatic rings. The highest BCUT2D eigenvalue weighted by atomic mass is 32.1. The summed E-state index contributed by atoms with van der Waals surface area (Å²) in [6, 6.07) is 21.0. The number of hydrogen-bond acceptors (Lipinski definition) is 6. The van der Waals surface area contributed by atoms with Crippen molar-refractivity contribution in [3.63, 3.8) is 0 Å². The maximum atomic E-state index is 13.5. The van der Waals surface area contributed by atoms with Gasteiger partial charge in [-0.1, -0.05) is 60.2 Å². The zero-order chi connectivity index (χ0) is 25.2. The molecule has 2 aromatic heterocycles. The Morgan fingerprint density at radius 3 is 2.53 bits per heavy atom. The number of fused-ring (bicyclic) bond motifs is 2. The number of aromatic nitrogens is 2. The first-order valence-electron chi connectivity index (χ1n) is 11.5. The second-order valence-electron chi connectivity index (χ2n) is 8.34. The Labute approximate surface area is 211 Å². The third-order valence-corrected chi connectivity index (χ3v) is 6.78. The molecule has 180 valence electrons. The van der Waals surface area contributed by atoms with E-state index in [0.717, 1.165) is 21.9 Å². The number of rotatable bonds is 6. The van der Waals surface area contributed by atoms with Crippen molar-refractivity contribution in [2.24, 2.45) is 0 Å². The molecule has 1 N–H and O–H groups in total. The van der Waals surface area contributed by atoms with E-state index in [4.69, 9.17) is 4.74 Å². The van der Waals surface area contributed by atoms with E-state index in [2.05, 4.69) is 10.4 Å². The van der Waals surface area contributed by atoms with E-state index < -0.39 is 11.5 Å². The number of thiophene rings is 1. The fourth-order valence-electron chi connectivity index (χ4n) is 4.14. The highest BCUT2D eigenvalue weighted by Crippen LogP contribution is 2.31. The minimum Gasteiger partial charge on any atom is -0.461 e. The number of hydrogen-bond donors (Lipinski definition) is 1. The Bertz CT molecular complexity index is 1660. The largest absolute Gasteiger partial charge is 0.461 e. The molecule has 0 spiro atoms. The summed E-state index contributed by atoms with van der Waals surface area (Å²) in [5, 5.41) is 11.9. The Hall–Kier alpha value is -4.30. The lowest BCUT2D eigenvalue weighted by atomic mass is 10.0. The monoisotopic (exact) mass is 497 g/mol. The molecular formula is C28H23N3O4S. The molecule has 0 saturated carbocycles. The second-order valence-corrected chi connectivity index (χ2v) is 9.22. The van der Waals surface area contributed by atoms with Crippen LogP contribution in [0.2, 0.25) is 0 Å². The van der Waals surface area contributed by atoms with Crippen LogP contribution in [0.3, 0.4) is 0 Å². The molecule has 7 nitrogen and oxygen atoms in total. The normalized spacial score (nSPS) is 11.1. The van der Waals surface area contributed by atoms with E-state index in [1.54, 1.807) is 24.4 Å². The van der Waals surface area contributed by atoms with Gasteiger partial charge in [0, 0.05) is 10.8 Å². The Morgan fingerprint density at radius 1 is 1.00 bits per heavy atom. The number of benzene rings is 3. The van der Waals surface area contributed by atoms with Crippen molar-refractivity contribution in [3.05, 3.63) is 99.3 Å². The molecule has 0 atom stereocenters. The maximum absolute atomic E-state index is 13.5. The molecule has 3 aromatic carbocycles. The smallest absolute Gasteiger partial charge is 0.359 e. The second kappa shape index (κ2) is 9.75. The van der Waals surface area contributed by atoms with Gasteiger partial charge in [-0.05, 0) is 42.3 Å². The predicted molar refractivity (Wildman–Crippen MR) is 142 cm³/mol. The summed E-state index contributed by atoms with van der Waals surface area (Å²) in [6.07, 6.45) is 0.142. The SMILES string of the molecule is CCOC(=O)c1nn(-c2ccc(C)cc2)c(=O)c2c(NC(=O)Cc3cccc4ccccc34)scc12. The van der Waals surface area contributed by atoms with E-state index in [0.29, 0.717) is 16.1 Å². The number of aryl methyl sites for hydroxylation is 1. The molecule has 0 unspecified atom stereocenters. The lowest BCUT2D eigenvalue weighted by molar-refractivity contribution is -0.115. The van der Waals surface area contributed by atoms with Gasteiger partial charge in [-0.3, -0.25) is 9.59 Å². The molecule has 0 bridgehead atoms. The van der Waals surface area contributed by atoms with Gasteiger partial charge < -0.3 is 10.1 Å². The van der Waals surface area contributed by atoms with E-state index in [1.165, 1.54) is 16.0 Å². The Morgan fingerprint density at radius 2 is 1.75 bits per heavy atom. The van der Waals surface area contributed by atoms with Gasteiger partial charge in [-0.2, -0.15) is 9.78 Å². The van der Waals surface area contributed by atoms with Gasteiger partial charge in [0.25, 0.3) is 5.56 Å². The Kier molecular flexibility index (Phi) is 6.35. The zero-order valence-electron chi connectivity index (χ0n) is 19.8. The van der Waals surface area contributed by atoms with Crippen LogP contribution in [-0.4, -0.2) is 28.3 Å². The van der Waals surface area contributed by atoms with Gasteiger partial charge in [0.2, 0.25) is 5.91 Å². The summed E-state index contributed by atoms with van der Waals surface area (Å²) >= 11 is 1.18. The van der Waals surface area contributed by atoms with Crippen molar-refractivity contribution in [3.8, 4) is 5.69 Å². The molecule has 0 saturated heterocycles. The van der Waals surface area contributed by atoms with E-state index in [-0.39, 0.29) is 30.0 Å². The van der Waals surface area contributed by atoms with Gasteiger partial charge in [-0.15, -0.1) is 11.3 Å². The zero-order valence-corrected chi connectivity index (χ0v) is 20.6. The van der Waals surface area contributed by atoms with Crippen LogP contribution in [0.1, 0.15) is 28.5 Å². The third kappa shape index (κ3) is 4.38. The van der Waals surface area contributed by atoms with Gasteiger partial charge >= 0.3 is 5.97 Å². The van der Waals surface area contributed by atoms with Crippen LogP contribution in [-0.2, 0) is 16.0 Å². The number of esters is 1. The summed E-state index contributed by atoms with van der Waals surface area (Å²) in [5.74, 6) is -0.888. The molecule has 36 heavy (non-hydrogen) atoms. The van der Waals surface area contributed by atoms with Gasteiger partial charge in [0.05, 0.1) is 24.1 Å². The summed E-state index contributed by atoms with van der Waals surface area (Å²) in [6.45, 7) is 3.82. The lowest BCUT2D eigenvalue weighted by Crippen LogP contribution is -2.25. The molecule has 0 aliphatic heterocycles. The minimum atomic E-state index is -0.630. The molecule has 0 fully saturated rings. The first-order valence-corrected chi connectivity index (χ1v) is 12.4. The molecule has 2 heterocycles. The molecule has 5 aromatic rings. The topological polar surface area (TPSA) is 90.3 Å². The first-order chi connectivity index (χ1) is 17.5. The number of carbonyl (C=O) groups excluding carboxylic acids is 2. The van der Waals surface area contributed by atoms with Gasteiger partial charge in [0.1, 0.15) is 5.00 Å². The van der Waals surface area contributed by atoms with Crippen molar-refractivity contribution in [2.45, 2.75) is 20.3 Å². The number of carbonyl (C=O) groups is 2. The van der Waals surface area contributed by atoms with Crippen LogP contribution in [0, 0.1) is 6.92 Å². The number of nitrogens with one attached hydrogen (secondary N) is 1. The average Bonchev–Trinajstić information content (AvgIpc) is 3.29. The molecule has 0 aliphatic carbocycles. The molecule has 0 radical (unpaired) electrons. The average molecular weight is 498 g/mol. The molecule has 5 rings (SSSR count). The fraction of sp³-hybridized carbons (Fsp3) is 0.143. The van der Waals surface area contributed by atoms with Crippen LogP contribution in [0.5, 0.6) is 0 Å². The summed E-state index contributed by atoms with van der Waals surface area (Å²) in [7, 11) is 0. The lowest BCUT2D eigenvalue weighted by Gasteiger charge is -2.10. The third-order valence-electron chi connectivity index (χ3n) is 5.88.